The van der Waals surface area contributed by atoms with E-state index in [9.17, 15) is 9.59 Å². The molecule has 1 aliphatic rings. The van der Waals surface area contributed by atoms with Gasteiger partial charge < -0.3 is 15.3 Å². The highest BCUT2D eigenvalue weighted by molar-refractivity contribution is 5.79. The summed E-state index contributed by atoms with van der Waals surface area (Å²) in [7, 11) is 0. The van der Waals surface area contributed by atoms with E-state index in [1.807, 2.05) is 0 Å². The summed E-state index contributed by atoms with van der Waals surface area (Å²) in [6.07, 6.45) is 2.03. The van der Waals surface area contributed by atoms with E-state index in [0.29, 0.717) is 18.7 Å². The minimum Gasteiger partial charge on any atom is -0.481 e. The van der Waals surface area contributed by atoms with Crippen molar-refractivity contribution in [3.8, 4) is 0 Å². The van der Waals surface area contributed by atoms with Crippen LogP contribution in [0.15, 0.2) is 18.3 Å². The van der Waals surface area contributed by atoms with Crippen LogP contribution in [0.4, 0.5) is 4.79 Å². The highest BCUT2D eigenvalue weighted by Gasteiger charge is 2.42. The van der Waals surface area contributed by atoms with Crippen molar-refractivity contribution in [2.24, 2.45) is 5.41 Å². The summed E-state index contributed by atoms with van der Waals surface area (Å²) < 4.78 is 0. The normalized spacial score (nSPS) is 22.3. The largest absolute Gasteiger partial charge is 0.481 e. The second-order valence-corrected chi connectivity index (χ2v) is 4.91. The number of nitrogens with zero attached hydrogens (tertiary/aromatic N) is 3. The number of amides is 2. The SMILES string of the molecule is CC1(C(=O)O)CCN(C(=O)NCc2cccnn2)C1. The van der Waals surface area contributed by atoms with Crippen molar-refractivity contribution in [1.29, 1.82) is 0 Å². The first kappa shape index (κ1) is 13.3. The lowest BCUT2D eigenvalue weighted by molar-refractivity contribution is -0.146. The summed E-state index contributed by atoms with van der Waals surface area (Å²) in [6.45, 7) is 2.63. The predicted molar refractivity (Wildman–Crippen MR) is 66.2 cm³/mol. The quantitative estimate of drug-likeness (QED) is 0.828. The molecule has 2 heterocycles. The van der Waals surface area contributed by atoms with Gasteiger partial charge in [-0.25, -0.2) is 4.79 Å². The molecular formula is C12H16N4O3. The minimum atomic E-state index is -0.864. The fraction of sp³-hybridized carbons (Fsp3) is 0.500. The van der Waals surface area contributed by atoms with Gasteiger partial charge >= 0.3 is 12.0 Å². The van der Waals surface area contributed by atoms with Gasteiger partial charge in [-0.1, -0.05) is 0 Å². The molecule has 1 aromatic rings. The molecule has 0 saturated carbocycles. The Morgan fingerprint density at radius 2 is 2.37 bits per heavy atom. The number of likely N-dealkylation sites (tertiary alicyclic amines) is 1. The number of hydrogen-bond donors (Lipinski definition) is 2. The van der Waals surface area contributed by atoms with Crippen molar-refractivity contribution < 1.29 is 14.7 Å². The van der Waals surface area contributed by atoms with Crippen LogP contribution >= 0.6 is 0 Å². The van der Waals surface area contributed by atoms with Crippen LogP contribution < -0.4 is 5.32 Å². The first-order valence-electron chi connectivity index (χ1n) is 6.04. The molecule has 7 nitrogen and oxygen atoms in total. The molecule has 1 saturated heterocycles. The molecule has 0 bridgehead atoms. The Balaban J connectivity index is 1.87. The highest BCUT2D eigenvalue weighted by atomic mass is 16.4. The lowest BCUT2D eigenvalue weighted by Crippen LogP contribution is -2.40. The van der Waals surface area contributed by atoms with Gasteiger partial charge in [0, 0.05) is 19.3 Å². The van der Waals surface area contributed by atoms with Crippen molar-refractivity contribution in [3.63, 3.8) is 0 Å². The van der Waals surface area contributed by atoms with Crippen molar-refractivity contribution >= 4 is 12.0 Å². The maximum Gasteiger partial charge on any atom is 0.317 e. The fourth-order valence-corrected chi connectivity index (χ4v) is 2.01. The average Bonchev–Trinajstić information content (AvgIpc) is 2.81. The first-order chi connectivity index (χ1) is 9.01. The van der Waals surface area contributed by atoms with Crippen LogP contribution in [0.3, 0.4) is 0 Å². The Bertz CT molecular complexity index is 479. The Labute approximate surface area is 110 Å². The summed E-state index contributed by atoms with van der Waals surface area (Å²) in [5.41, 5.74) is -0.180. The molecule has 0 spiro atoms. The Kier molecular flexibility index (Phi) is 3.64. The lowest BCUT2D eigenvalue weighted by atomic mass is 9.90. The number of nitrogens with one attached hydrogen (secondary N) is 1. The van der Waals surface area contributed by atoms with Gasteiger partial charge in [0.2, 0.25) is 0 Å². The van der Waals surface area contributed by atoms with Crippen molar-refractivity contribution in [1.82, 2.24) is 20.4 Å². The third kappa shape index (κ3) is 2.98. The summed E-state index contributed by atoms with van der Waals surface area (Å²) in [6, 6.07) is 3.24. The zero-order valence-electron chi connectivity index (χ0n) is 10.7. The zero-order valence-corrected chi connectivity index (χ0v) is 10.7. The summed E-state index contributed by atoms with van der Waals surface area (Å²) in [5.74, 6) is -0.864. The van der Waals surface area contributed by atoms with E-state index in [1.54, 1.807) is 25.3 Å². The van der Waals surface area contributed by atoms with Crippen LogP contribution in [-0.2, 0) is 11.3 Å². The molecule has 2 rings (SSSR count). The number of aromatic nitrogens is 2. The molecule has 102 valence electrons. The van der Waals surface area contributed by atoms with E-state index < -0.39 is 11.4 Å². The molecule has 1 atom stereocenters. The minimum absolute atomic E-state index is 0.231. The van der Waals surface area contributed by atoms with Crippen LogP contribution in [0.2, 0.25) is 0 Å². The molecule has 19 heavy (non-hydrogen) atoms. The molecule has 1 unspecified atom stereocenters. The monoisotopic (exact) mass is 264 g/mol. The third-order valence-electron chi connectivity index (χ3n) is 3.33. The summed E-state index contributed by atoms with van der Waals surface area (Å²) >= 11 is 0. The molecular weight excluding hydrogens is 248 g/mol. The van der Waals surface area contributed by atoms with E-state index in [0.717, 1.165) is 0 Å². The van der Waals surface area contributed by atoms with Gasteiger partial charge in [-0.2, -0.15) is 10.2 Å². The smallest absolute Gasteiger partial charge is 0.317 e. The van der Waals surface area contributed by atoms with Gasteiger partial charge in [0.25, 0.3) is 0 Å². The van der Waals surface area contributed by atoms with Crippen LogP contribution in [-0.4, -0.2) is 45.3 Å². The highest BCUT2D eigenvalue weighted by Crippen LogP contribution is 2.29. The number of carboxylic acid groups (broad SMARTS) is 1. The molecule has 1 aliphatic heterocycles. The third-order valence-corrected chi connectivity index (χ3v) is 3.33. The predicted octanol–water partition coefficient (Wildman–Crippen LogP) is 0.483. The van der Waals surface area contributed by atoms with Crippen molar-refractivity contribution in [2.75, 3.05) is 13.1 Å². The molecule has 0 aromatic carbocycles. The summed E-state index contributed by atoms with van der Waals surface area (Å²) in [5, 5.41) is 19.4. The topological polar surface area (TPSA) is 95.4 Å². The molecule has 7 heteroatoms. The Morgan fingerprint density at radius 3 is 2.95 bits per heavy atom. The second-order valence-electron chi connectivity index (χ2n) is 4.91. The van der Waals surface area contributed by atoms with Gasteiger partial charge in [0.15, 0.2) is 0 Å². The van der Waals surface area contributed by atoms with E-state index in [2.05, 4.69) is 15.5 Å². The standard InChI is InChI=1S/C12H16N4O3/c1-12(10(17)18)4-6-16(8-12)11(19)13-7-9-3-2-5-14-15-9/h2-3,5H,4,6-8H2,1H3,(H,13,19)(H,17,18). The molecule has 0 radical (unpaired) electrons. The Morgan fingerprint density at radius 1 is 1.58 bits per heavy atom. The summed E-state index contributed by atoms with van der Waals surface area (Å²) in [4.78, 5) is 24.5. The van der Waals surface area contributed by atoms with E-state index in [1.165, 1.54) is 4.90 Å². The molecule has 1 aromatic heterocycles. The van der Waals surface area contributed by atoms with Crippen molar-refractivity contribution in [3.05, 3.63) is 24.0 Å². The van der Waals surface area contributed by atoms with Crippen LogP contribution in [0.1, 0.15) is 19.0 Å². The van der Waals surface area contributed by atoms with Gasteiger partial charge in [-0.3, -0.25) is 4.79 Å². The molecule has 1 fully saturated rings. The molecule has 2 amide bonds. The molecule has 0 aliphatic carbocycles. The van der Waals surface area contributed by atoms with Crippen molar-refractivity contribution in [2.45, 2.75) is 19.9 Å². The maximum atomic E-state index is 11.9. The fourth-order valence-electron chi connectivity index (χ4n) is 2.01. The zero-order chi connectivity index (χ0) is 13.9. The Hall–Kier alpha value is -2.18. The number of carbonyl (C=O) groups excluding carboxylic acids is 1. The van der Waals surface area contributed by atoms with E-state index >= 15 is 0 Å². The number of aliphatic carboxylic acids is 1. The number of carboxylic acids is 1. The maximum absolute atomic E-state index is 11.9. The van der Waals surface area contributed by atoms with Gasteiger partial charge in [-0.15, -0.1) is 0 Å². The van der Waals surface area contributed by atoms with E-state index in [-0.39, 0.29) is 19.1 Å². The number of carbonyl (C=O) groups is 2. The van der Waals surface area contributed by atoms with Crippen LogP contribution in [0.5, 0.6) is 0 Å². The lowest BCUT2D eigenvalue weighted by Gasteiger charge is -2.20. The van der Waals surface area contributed by atoms with Crippen LogP contribution in [0, 0.1) is 5.41 Å². The molecule has 2 N–H and O–H groups in total. The van der Waals surface area contributed by atoms with Gasteiger partial charge in [-0.05, 0) is 25.5 Å². The number of rotatable bonds is 3. The van der Waals surface area contributed by atoms with E-state index in [4.69, 9.17) is 5.11 Å². The number of hydrogen-bond acceptors (Lipinski definition) is 4. The second kappa shape index (κ2) is 5.21. The average molecular weight is 264 g/mol. The number of urea groups is 1. The van der Waals surface area contributed by atoms with Gasteiger partial charge in [0.1, 0.15) is 0 Å². The van der Waals surface area contributed by atoms with Crippen LogP contribution in [0.25, 0.3) is 0 Å². The first-order valence-corrected chi connectivity index (χ1v) is 6.04. The van der Waals surface area contributed by atoms with Gasteiger partial charge in [0.05, 0.1) is 17.7 Å².